The van der Waals surface area contributed by atoms with E-state index in [4.69, 9.17) is 5.11 Å². The number of aryl methyl sites for hydroxylation is 1. The molecule has 1 unspecified atom stereocenters. The molecular weight excluding hydrogens is 220 g/mol. The lowest BCUT2D eigenvalue weighted by Gasteiger charge is -2.22. The highest BCUT2D eigenvalue weighted by molar-refractivity contribution is 5.79. The van der Waals surface area contributed by atoms with Crippen LogP contribution in [0, 0.1) is 0 Å². The molecule has 0 aliphatic rings. The lowest BCUT2D eigenvalue weighted by Crippen LogP contribution is -2.37. The van der Waals surface area contributed by atoms with Crippen LogP contribution < -0.4 is 4.90 Å². The van der Waals surface area contributed by atoms with Gasteiger partial charge in [-0.25, -0.2) is 9.78 Å². The van der Waals surface area contributed by atoms with Crippen LogP contribution in [0.15, 0.2) is 18.3 Å². The summed E-state index contributed by atoms with van der Waals surface area (Å²) < 4.78 is 1.84. The van der Waals surface area contributed by atoms with Crippen molar-refractivity contribution in [1.29, 1.82) is 0 Å². The first-order valence-electron chi connectivity index (χ1n) is 5.25. The van der Waals surface area contributed by atoms with Crippen LogP contribution in [-0.2, 0) is 11.8 Å². The molecule has 0 bridgehead atoms. The van der Waals surface area contributed by atoms with Crippen LogP contribution in [0.2, 0.25) is 0 Å². The van der Waals surface area contributed by atoms with Crippen molar-refractivity contribution in [3.63, 3.8) is 0 Å². The summed E-state index contributed by atoms with van der Waals surface area (Å²) in [5.41, 5.74) is 1.50. The van der Waals surface area contributed by atoms with Gasteiger partial charge in [-0.1, -0.05) is 0 Å². The second-order valence-corrected chi connectivity index (χ2v) is 3.94. The Morgan fingerprint density at radius 1 is 1.59 bits per heavy atom. The third-order valence-electron chi connectivity index (χ3n) is 2.89. The predicted molar refractivity (Wildman–Crippen MR) is 64.0 cm³/mol. The molecule has 2 heterocycles. The number of aromatic nitrogens is 3. The summed E-state index contributed by atoms with van der Waals surface area (Å²) in [5.74, 6) is -0.291. The molecule has 6 heteroatoms. The van der Waals surface area contributed by atoms with Gasteiger partial charge in [-0.15, -0.1) is 0 Å². The monoisotopic (exact) mass is 234 g/mol. The van der Waals surface area contributed by atoms with E-state index in [2.05, 4.69) is 9.97 Å². The van der Waals surface area contributed by atoms with Crippen molar-refractivity contribution >= 4 is 23.1 Å². The van der Waals surface area contributed by atoms with Gasteiger partial charge in [0.25, 0.3) is 0 Å². The standard InChI is InChI=1S/C11H14N4O2/c1-7(10(16)17)14(2)11-13-9-8(15(11)3)5-4-6-12-9/h4-7H,1-3H3,(H,16,17). The average Bonchev–Trinajstić information content (AvgIpc) is 2.65. The first-order chi connectivity index (χ1) is 8.02. The van der Waals surface area contributed by atoms with Crippen LogP contribution in [0.1, 0.15) is 6.92 Å². The van der Waals surface area contributed by atoms with Crippen LogP contribution in [0.5, 0.6) is 0 Å². The first kappa shape index (κ1) is 11.4. The van der Waals surface area contributed by atoms with E-state index in [0.717, 1.165) is 5.52 Å². The van der Waals surface area contributed by atoms with Gasteiger partial charge in [0, 0.05) is 20.3 Å². The average molecular weight is 234 g/mol. The Bertz CT molecular complexity index is 564. The van der Waals surface area contributed by atoms with E-state index in [1.807, 2.05) is 23.7 Å². The van der Waals surface area contributed by atoms with Crippen molar-refractivity contribution < 1.29 is 9.90 Å². The molecule has 2 aromatic rings. The van der Waals surface area contributed by atoms with Crippen molar-refractivity contribution in [2.45, 2.75) is 13.0 Å². The minimum atomic E-state index is -0.882. The molecule has 2 rings (SSSR count). The molecule has 0 radical (unpaired) electrons. The van der Waals surface area contributed by atoms with Gasteiger partial charge in [0.1, 0.15) is 6.04 Å². The fourth-order valence-corrected chi connectivity index (χ4v) is 1.67. The Hall–Kier alpha value is -2.11. The predicted octanol–water partition coefficient (Wildman–Crippen LogP) is 0.878. The summed E-state index contributed by atoms with van der Waals surface area (Å²) in [6.45, 7) is 1.62. The molecular formula is C11H14N4O2. The van der Waals surface area contributed by atoms with Crippen molar-refractivity contribution in [1.82, 2.24) is 14.5 Å². The van der Waals surface area contributed by atoms with Gasteiger partial charge in [-0.05, 0) is 19.1 Å². The van der Waals surface area contributed by atoms with Crippen LogP contribution in [-0.4, -0.2) is 38.7 Å². The van der Waals surface area contributed by atoms with Crippen molar-refractivity contribution in [2.75, 3.05) is 11.9 Å². The van der Waals surface area contributed by atoms with Gasteiger partial charge in [-0.2, -0.15) is 4.98 Å². The topological polar surface area (TPSA) is 71.2 Å². The molecule has 6 nitrogen and oxygen atoms in total. The van der Waals surface area contributed by atoms with Gasteiger partial charge >= 0.3 is 5.97 Å². The zero-order valence-corrected chi connectivity index (χ0v) is 9.95. The van der Waals surface area contributed by atoms with Crippen LogP contribution in [0.3, 0.4) is 0 Å². The van der Waals surface area contributed by atoms with E-state index in [0.29, 0.717) is 11.6 Å². The Morgan fingerprint density at radius 2 is 2.29 bits per heavy atom. The summed E-state index contributed by atoms with van der Waals surface area (Å²) in [4.78, 5) is 21.0. The molecule has 0 aliphatic heterocycles. The lowest BCUT2D eigenvalue weighted by molar-refractivity contribution is -0.138. The van der Waals surface area contributed by atoms with Gasteiger partial charge < -0.3 is 14.6 Å². The van der Waals surface area contributed by atoms with Crippen molar-refractivity contribution in [3.05, 3.63) is 18.3 Å². The number of aliphatic carboxylic acids is 1. The molecule has 17 heavy (non-hydrogen) atoms. The third kappa shape index (κ3) is 1.82. The minimum Gasteiger partial charge on any atom is -0.480 e. The normalized spacial score (nSPS) is 12.6. The third-order valence-corrected chi connectivity index (χ3v) is 2.89. The number of rotatable bonds is 3. The quantitative estimate of drug-likeness (QED) is 0.853. The highest BCUT2D eigenvalue weighted by atomic mass is 16.4. The Kier molecular flexibility index (Phi) is 2.71. The fourth-order valence-electron chi connectivity index (χ4n) is 1.67. The minimum absolute atomic E-state index is 0.591. The maximum Gasteiger partial charge on any atom is 0.326 e. The molecule has 0 spiro atoms. The van der Waals surface area contributed by atoms with E-state index >= 15 is 0 Å². The molecule has 0 fully saturated rings. The number of nitrogens with zero attached hydrogens (tertiary/aromatic N) is 4. The van der Waals surface area contributed by atoms with Gasteiger partial charge in [-0.3, -0.25) is 0 Å². The van der Waals surface area contributed by atoms with Crippen molar-refractivity contribution in [3.8, 4) is 0 Å². The Balaban J connectivity index is 2.49. The van der Waals surface area contributed by atoms with Crippen LogP contribution in [0.25, 0.3) is 11.2 Å². The summed E-state index contributed by atoms with van der Waals surface area (Å²) in [6, 6.07) is 3.09. The number of fused-ring (bicyclic) bond motifs is 1. The number of hydrogen-bond donors (Lipinski definition) is 1. The number of carboxylic acid groups (broad SMARTS) is 1. The molecule has 0 saturated heterocycles. The molecule has 0 saturated carbocycles. The number of likely N-dealkylation sites (N-methyl/N-ethyl adjacent to an activating group) is 1. The molecule has 2 aromatic heterocycles. The Morgan fingerprint density at radius 3 is 2.88 bits per heavy atom. The maximum atomic E-state index is 10.9. The molecule has 0 aliphatic carbocycles. The Labute approximate surface area is 98.5 Å². The molecule has 0 aromatic carbocycles. The van der Waals surface area contributed by atoms with Gasteiger partial charge in [0.2, 0.25) is 5.95 Å². The van der Waals surface area contributed by atoms with E-state index < -0.39 is 12.0 Å². The highest BCUT2D eigenvalue weighted by Crippen LogP contribution is 2.19. The van der Waals surface area contributed by atoms with Gasteiger partial charge in [0.05, 0.1) is 5.52 Å². The second-order valence-electron chi connectivity index (χ2n) is 3.94. The molecule has 0 amide bonds. The smallest absolute Gasteiger partial charge is 0.326 e. The van der Waals surface area contributed by atoms with E-state index in [9.17, 15) is 4.79 Å². The maximum absolute atomic E-state index is 10.9. The molecule has 1 N–H and O–H groups in total. The summed E-state index contributed by atoms with van der Waals surface area (Å²) >= 11 is 0. The van der Waals surface area contributed by atoms with Crippen molar-refractivity contribution in [2.24, 2.45) is 7.05 Å². The summed E-state index contributed by atoms with van der Waals surface area (Å²) in [6.07, 6.45) is 1.67. The zero-order chi connectivity index (χ0) is 12.6. The number of hydrogen-bond acceptors (Lipinski definition) is 4. The lowest BCUT2D eigenvalue weighted by atomic mass is 10.3. The van der Waals surface area contributed by atoms with Crippen LogP contribution in [0.4, 0.5) is 5.95 Å². The second kappa shape index (κ2) is 4.04. The number of imidazole rings is 1. The first-order valence-corrected chi connectivity index (χ1v) is 5.25. The fraction of sp³-hybridized carbons (Fsp3) is 0.364. The van der Waals surface area contributed by atoms with E-state index in [1.165, 1.54) is 0 Å². The zero-order valence-electron chi connectivity index (χ0n) is 9.95. The van der Waals surface area contributed by atoms with Gasteiger partial charge in [0.15, 0.2) is 5.65 Å². The largest absolute Gasteiger partial charge is 0.480 e. The molecule has 90 valence electrons. The highest BCUT2D eigenvalue weighted by Gasteiger charge is 2.21. The SMILES string of the molecule is CC(C(=O)O)N(C)c1nc2ncccc2n1C. The van der Waals surface area contributed by atoms with E-state index in [-0.39, 0.29) is 0 Å². The summed E-state index contributed by atoms with van der Waals surface area (Å²) in [5, 5.41) is 8.99. The number of pyridine rings is 1. The molecule has 1 atom stereocenters. The number of carbonyl (C=O) groups is 1. The number of anilines is 1. The summed E-state index contributed by atoms with van der Waals surface area (Å²) in [7, 11) is 3.55. The van der Waals surface area contributed by atoms with Crippen LogP contribution >= 0.6 is 0 Å². The number of carboxylic acids is 1. The van der Waals surface area contributed by atoms with E-state index in [1.54, 1.807) is 25.1 Å².